The van der Waals surface area contributed by atoms with Gasteiger partial charge in [0.25, 0.3) is 11.8 Å². The fourth-order valence-corrected chi connectivity index (χ4v) is 4.13. The number of rotatable bonds is 7. The van der Waals surface area contributed by atoms with Crippen LogP contribution < -0.4 is 21.6 Å². The molecule has 2 amide bonds. The summed E-state index contributed by atoms with van der Waals surface area (Å²) in [6.07, 6.45) is 4.43. The lowest BCUT2D eigenvalue weighted by Crippen LogP contribution is -2.26. The normalized spacial score (nSPS) is 10.6. The first-order valence-corrected chi connectivity index (χ1v) is 12.1. The van der Waals surface area contributed by atoms with Crippen molar-refractivity contribution in [2.75, 3.05) is 5.32 Å². The standard InChI is InChI=1S/C29H21F2N5O4.H2O/c30-22-2-1-3-23(31)20(22)15-36-16-21(27(38)26-24(36)8-9-25(37)35-26)29(40)34-19-6-4-18(5-7-19)28(39)33-14-17-10-12-32-13-11-17;/h1-13,16H,14-15H2,(H,33,39)(H,34,40)(H,35,37);1H2. The van der Waals surface area contributed by atoms with Crippen LogP contribution in [0.5, 0.6) is 0 Å². The average Bonchev–Trinajstić information content (AvgIpc) is 2.96. The van der Waals surface area contributed by atoms with Gasteiger partial charge in [-0.15, -0.1) is 0 Å². The molecule has 0 aliphatic carbocycles. The number of nitrogens with one attached hydrogen (secondary N) is 3. The van der Waals surface area contributed by atoms with Crippen molar-refractivity contribution >= 4 is 28.5 Å². The van der Waals surface area contributed by atoms with Crippen molar-refractivity contribution in [2.24, 2.45) is 0 Å². The minimum Gasteiger partial charge on any atom is -0.412 e. The molecule has 3 aromatic heterocycles. The molecule has 0 saturated heterocycles. The van der Waals surface area contributed by atoms with E-state index in [1.165, 1.54) is 53.2 Å². The molecule has 2 aromatic carbocycles. The average molecular weight is 560 g/mol. The molecule has 3 heterocycles. The molecule has 0 aliphatic heterocycles. The van der Waals surface area contributed by atoms with Crippen LogP contribution in [-0.4, -0.2) is 31.8 Å². The second-order valence-electron chi connectivity index (χ2n) is 8.85. The van der Waals surface area contributed by atoms with Crippen LogP contribution in [0, 0.1) is 11.6 Å². The van der Waals surface area contributed by atoms with Crippen LogP contribution in [0.4, 0.5) is 14.5 Å². The summed E-state index contributed by atoms with van der Waals surface area (Å²) < 4.78 is 30.1. The number of benzene rings is 2. The van der Waals surface area contributed by atoms with Crippen molar-refractivity contribution in [1.82, 2.24) is 19.9 Å². The molecule has 0 radical (unpaired) electrons. The second-order valence-corrected chi connectivity index (χ2v) is 8.85. The zero-order chi connectivity index (χ0) is 28.2. The molecule has 0 spiro atoms. The highest BCUT2D eigenvalue weighted by molar-refractivity contribution is 6.05. The third-order valence-corrected chi connectivity index (χ3v) is 6.21. The Morgan fingerprint density at radius 2 is 1.56 bits per heavy atom. The lowest BCUT2D eigenvalue weighted by molar-refractivity contribution is 0.0950. The zero-order valence-corrected chi connectivity index (χ0v) is 21.3. The van der Waals surface area contributed by atoms with Gasteiger partial charge in [0.15, 0.2) is 0 Å². The Balaban J connectivity index is 0.00000387. The maximum Gasteiger partial charge on any atom is 0.261 e. The van der Waals surface area contributed by atoms with Gasteiger partial charge in [-0.05, 0) is 60.2 Å². The van der Waals surface area contributed by atoms with Gasteiger partial charge >= 0.3 is 0 Å². The Bertz CT molecular complexity index is 1830. The summed E-state index contributed by atoms with van der Waals surface area (Å²) in [6.45, 7) is -0.0299. The summed E-state index contributed by atoms with van der Waals surface area (Å²) in [4.78, 5) is 57.0. The molecule has 41 heavy (non-hydrogen) atoms. The largest absolute Gasteiger partial charge is 0.412 e. The SMILES string of the molecule is O.O=C(NCc1ccncc1)c1ccc(NC(=O)c2cn(Cc3c(F)cccc3F)c3ccc(=O)[nH]c3c2=O)cc1. The molecular formula is C29H23F2N5O5. The van der Waals surface area contributed by atoms with Crippen LogP contribution in [0.2, 0.25) is 0 Å². The molecule has 0 fully saturated rings. The van der Waals surface area contributed by atoms with E-state index in [9.17, 15) is 28.0 Å². The summed E-state index contributed by atoms with van der Waals surface area (Å²) in [7, 11) is 0. The Morgan fingerprint density at radius 1 is 0.878 bits per heavy atom. The smallest absolute Gasteiger partial charge is 0.261 e. The van der Waals surface area contributed by atoms with Crippen LogP contribution >= 0.6 is 0 Å². The summed E-state index contributed by atoms with van der Waals surface area (Å²) in [6, 6.07) is 15.5. The third-order valence-electron chi connectivity index (χ3n) is 6.21. The second kappa shape index (κ2) is 12.1. The minimum absolute atomic E-state index is 0. The first-order valence-electron chi connectivity index (χ1n) is 12.1. The van der Waals surface area contributed by atoms with E-state index in [0.717, 1.165) is 17.7 Å². The highest BCUT2D eigenvalue weighted by atomic mass is 19.1. The molecule has 0 bridgehead atoms. The lowest BCUT2D eigenvalue weighted by atomic mass is 10.1. The van der Waals surface area contributed by atoms with E-state index in [2.05, 4.69) is 20.6 Å². The maximum absolute atomic E-state index is 14.4. The number of amides is 2. The van der Waals surface area contributed by atoms with E-state index in [4.69, 9.17) is 0 Å². The topological polar surface area (TPSA) is 157 Å². The van der Waals surface area contributed by atoms with Crippen LogP contribution in [0.3, 0.4) is 0 Å². The summed E-state index contributed by atoms with van der Waals surface area (Å²) in [5, 5.41) is 5.37. The Kier molecular flexibility index (Phi) is 8.44. The summed E-state index contributed by atoms with van der Waals surface area (Å²) in [5.41, 5.74) is -0.441. The fraction of sp³-hybridized carbons (Fsp3) is 0.0690. The number of anilines is 1. The molecule has 0 saturated carbocycles. The number of aromatic nitrogens is 3. The predicted octanol–water partition coefficient (Wildman–Crippen LogP) is 2.77. The van der Waals surface area contributed by atoms with E-state index in [0.29, 0.717) is 17.8 Å². The zero-order valence-electron chi connectivity index (χ0n) is 21.3. The number of carbonyl (C=O) groups is 2. The number of aromatic amines is 1. The fourth-order valence-electron chi connectivity index (χ4n) is 4.13. The molecule has 208 valence electrons. The van der Waals surface area contributed by atoms with Gasteiger partial charge in [-0.2, -0.15) is 0 Å². The van der Waals surface area contributed by atoms with Gasteiger partial charge in [0.2, 0.25) is 11.0 Å². The maximum atomic E-state index is 14.4. The number of hydrogen-bond donors (Lipinski definition) is 3. The van der Waals surface area contributed by atoms with Crippen molar-refractivity contribution in [2.45, 2.75) is 13.1 Å². The van der Waals surface area contributed by atoms with E-state index < -0.39 is 28.5 Å². The van der Waals surface area contributed by atoms with Crippen molar-refractivity contribution < 1.29 is 23.8 Å². The molecule has 0 aliphatic rings. The van der Waals surface area contributed by atoms with Gasteiger partial charge in [0.1, 0.15) is 22.7 Å². The molecule has 5 N–H and O–H groups in total. The summed E-state index contributed by atoms with van der Waals surface area (Å²) in [5.74, 6) is -2.73. The molecule has 12 heteroatoms. The van der Waals surface area contributed by atoms with E-state index >= 15 is 0 Å². The van der Waals surface area contributed by atoms with Crippen molar-refractivity contribution in [3.05, 3.63) is 140 Å². The van der Waals surface area contributed by atoms with Gasteiger partial charge in [-0.1, -0.05) is 6.07 Å². The highest BCUT2D eigenvalue weighted by Gasteiger charge is 2.19. The first-order chi connectivity index (χ1) is 19.3. The predicted molar refractivity (Wildman–Crippen MR) is 148 cm³/mol. The van der Waals surface area contributed by atoms with Crippen LogP contribution in [0.1, 0.15) is 31.8 Å². The van der Waals surface area contributed by atoms with Crippen molar-refractivity contribution in [3.8, 4) is 0 Å². The number of hydrogen-bond acceptors (Lipinski definition) is 5. The molecule has 10 nitrogen and oxygen atoms in total. The van der Waals surface area contributed by atoms with Crippen LogP contribution in [-0.2, 0) is 13.1 Å². The molecule has 5 rings (SSSR count). The Labute approximate surface area is 230 Å². The van der Waals surface area contributed by atoms with Gasteiger partial charge in [-0.3, -0.25) is 24.2 Å². The quantitative estimate of drug-likeness (QED) is 0.279. The van der Waals surface area contributed by atoms with Crippen molar-refractivity contribution in [3.63, 3.8) is 0 Å². The summed E-state index contributed by atoms with van der Waals surface area (Å²) >= 11 is 0. The highest BCUT2D eigenvalue weighted by Crippen LogP contribution is 2.18. The number of halogens is 2. The van der Waals surface area contributed by atoms with Gasteiger partial charge in [-0.25, -0.2) is 8.78 Å². The number of pyridine rings is 3. The van der Waals surface area contributed by atoms with Gasteiger partial charge in [0.05, 0.1) is 12.1 Å². The monoisotopic (exact) mass is 559 g/mol. The Morgan fingerprint density at radius 3 is 2.24 bits per heavy atom. The van der Waals surface area contributed by atoms with Gasteiger partial charge in [0, 0.05) is 48.0 Å². The molecular weight excluding hydrogens is 536 g/mol. The molecule has 0 atom stereocenters. The molecule has 0 unspecified atom stereocenters. The minimum atomic E-state index is -0.811. The molecule has 5 aromatic rings. The number of nitrogens with zero attached hydrogens (tertiary/aromatic N) is 2. The van der Waals surface area contributed by atoms with E-state index in [-0.39, 0.29) is 40.1 Å². The van der Waals surface area contributed by atoms with Gasteiger partial charge < -0.3 is 25.7 Å². The van der Waals surface area contributed by atoms with Crippen LogP contribution in [0.25, 0.3) is 11.0 Å². The lowest BCUT2D eigenvalue weighted by Gasteiger charge is -2.14. The van der Waals surface area contributed by atoms with E-state index in [1.807, 2.05) is 0 Å². The number of carbonyl (C=O) groups excluding carboxylic acids is 2. The number of fused-ring (bicyclic) bond motifs is 1. The first kappa shape index (κ1) is 28.5. The third kappa shape index (κ3) is 6.23. The van der Waals surface area contributed by atoms with E-state index in [1.54, 1.807) is 24.5 Å². The Hall–Kier alpha value is -5.49. The van der Waals surface area contributed by atoms with Crippen molar-refractivity contribution in [1.29, 1.82) is 0 Å². The number of H-pyrrole nitrogens is 1. The van der Waals surface area contributed by atoms with Crippen LogP contribution in [0.15, 0.2) is 94.9 Å².